The van der Waals surface area contributed by atoms with E-state index in [4.69, 9.17) is 5.11 Å². The van der Waals surface area contributed by atoms with Gasteiger partial charge >= 0.3 is 5.97 Å². The van der Waals surface area contributed by atoms with Crippen molar-refractivity contribution >= 4 is 17.8 Å². The predicted octanol–water partition coefficient (Wildman–Crippen LogP) is 0.226. The molecule has 0 aromatic carbocycles. The Balaban J connectivity index is 2.34. The molecule has 1 aliphatic heterocycles. The standard InChI is InChI=1S/C12H20N2O4/c1-9(12(17)18)7-13-10(15)8-14-6-4-2-3-5-11(14)16/h9H,2-8H2,1H3,(H,13,15)(H,17,18). The van der Waals surface area contributed by atoms with Gasteiger partial charge in [-0.25, -0.2) is 0 Å². The quantitative estimate of drug-likeness (QED) is 0.737. The second-order valence-corrected chi connectivity index (χ2v) is 4.67. The third-order valence-electron chi connectivity index (χ3n) is 3.03. The molecule has 0 saturated carbocycles. The van der Waals surface area contributed by atoms with Crippen molar-refractivity contribution < 1.29 is 19.5 Å². The van der Waals surface area contributed by atoms with E-state index in [2.05, 4.69) is 5.32 Å². The molecule has 0 aliphatic carbocycles. The molecule has 102 valence electrons. The number of hydrogen-bond acceptors (Lipinski definition) is 3. The van der Waals surface area contributed by atoms with Crippen molar-refractivity contribution in [1.82, 2.24) is 10.2 Å². The SMILES string of the molecule is CC(CNC(=O)CN1CCCCCC1=O)C(=O)O. The van der Waals surface area contributed by atoms with Gasteiger partial charge in [0.1, 0.15) is 0 Å². The molecule has 1 rings (SSSR count). The summed E-state index contributed by atoms with van der Waals surface area (Å²) in [5.74, 6) is -1.85. The Labute approximate surface area is 106 Å². The number of carboxylic acids is 1. The fourth-order valence-electron chi connectivity index (χ4n) is 1.79. The van der Waals surface area contributed by atoms with Crippen molar-refractivity contribution in [2.75, 3.05) is 19.6 Å². The van der Waals surface area contributed by atoms with E-state index in [0.717, 1.165) is 19.3 Å². The Kier molecular flexibility index (Phi) is 5.61. The van der Waals surface area contributed by atoms with Crippen LogP contribution in [0.3, 0.4) is 0 Å². The monoisotopic (exact) mass is 256 g/mol. The number of likely N-dealkylation sites (tertiary alicyclic amines) is 1. The van der Waals surface area contributed by atoms with Crippen LogP contribution >= 0.6 is 0 Å². The number of nitrogens with zero attached hydrogens (tertiary/aromatic N) is 1. The summed E-state index contributed by atoms with van der Waals surface area (Å²) in [6.07, 6.45) is 3.32. The highest BCUT2D eigenvalue weighted by molar-refractivity contribution is 5.85. The van der Waals surface area contributed by atoms with Gasteiger partial charge in [-0.05, 0) is 12.8 Å². The molecule has 0 spiro atoms. The van der Waals surface area contributed by atoms with Crippen LogP contribution in [0.1, 0.15) is 32.6 Å². The Morgan fingerprint density at radius 1 is 1.39 bits per heavy atom. The first-order chi connectivity index (χ1) is 8.50. The maximum atomic E-state index is 11.6. The summed E-state index contributed by atoms with van der Waals surface area (Å²) in [6, 6.07) is 0. The highest BCUT2D eigenvalue weighted by Crippen LogP contribution is 2.10. The van der Waals surface area contributed by atoms with Crippen LogP contribution in [0.2, 0.25) is 0 Å². The van der Waals surface area contributed by atoms with Crippen molar-refractivity contribution in [1.29, 1.82) is 0 Å². The number of carbonyl (C=O) groups is 3. The number of amides is 2. The Morgan fingerprint density at radius 3 is 2.78 bits per heavy atom. The fraction of sp³-hybridized carbons (Fsp3) is 0.750. The van der Waals surface area contributed by atoms with Crippen molar-refractivity contribution in [2.45, 2.75) is 32.6 Å². The van der Waals surface area contributed by atoms with E-state index in [0.29, 0.717) is 13.0 Å². The van der Waals surface area contributed by atoms with E-state index in [9.17, 15) is 14.4 Å². The van der Waals surface area contributed by atoms with Crippen LogP contribution in [0.4, 0.5) is 0 Å². The number of carboxylic acid groups (broad SMARTS) is 1. The lowest BCUT2D eigenvalue weighted by molar-refractivity contribution is -0.141. The summed E-state index contributed by atoms with van der Waals surface area (Å²) in [4.78, 5) is 35.4. The van der Waals surface area contributed by atoms with Gasteiger partial charge in [-0.2, -0.15) is 0 Å². The van der Waals surface area contributed by atoms with Crippen molar-refractivity contribution in [3.63, 3.8) is 0 Å². The summed E-state index contributed by atoms with van der Waals surface area (Å²) in [5.41, 5.74) is 0. The van der Waals surface area contributed by atoms with E-state index in [1.807, 2.05) is 0 Å². The molecule has 1 heterocycles. The van der Waals surface area contributed by atoms with E-state index in [1.54, 1.807) is 4.90 Å². The van der Waals surface area contributed by atoms with Crippen molar-refractivity contribution in [3.8, 4) is 0 Å². The van der Waals surface area contributed by atoms with Gasteiger partial charge in [-0.15, -0.1) is 0 Å². The van der Waals surface area contributed by atoms with Gasteiger partial charge in [0.2, 0.25) is 11.8 Å². The molecule has 2 N–H and O–H groups in total. The van der Waals surface area contributed by atoms with Gasteiger partial charge in [0.05, 0.1) is 12.5 Å². The molecule has 1 fully saturated rings. The fourth-order valence-corrected chi connectivity index (χ4v) is 1.79. The average Bonchev–Trinajstić information content (AvgIpc) is 2.52. The Hall–Kier alpha value is -1.59. The lowest BCUT2D eigenvalue weighted by Gasteiger charge is -2.20. The average molecular weight is 256 g/mol. The van der Waals surface area contributed by atoms with Gasteiger partial charge in [0.25, 0.3) is 0 Å². The molecule has 2 amide bonds. The molecule has 1 aliphatic rings. The predicted molar refractivity (Wildman–Crippen MR) is 64.9 cm³/mol. The van der Waals surface area contributed by atoms with Gasteiger partial charge in [0, 0.05) is 19.5 Å². The lowest BCUT2D eigenvalue weighted by Crippen LogP contribution is -2.42. The number of aliphatic carboxylic acids is 1. The minimum Gasteiger partial charge on any atom is -0.481 e. The molecule has 1 atom stereocenters. The molecule has 6 heteroatoms. The number of hydrogen-bond donors (Lipinski definition) is 2. The van der Waals surface area contributed by atoms with Gasteiger partial charge in [0.15, 0.2) is 0 Å². The van der Waals surface area contributed by atoms with E-state index in [1.165, 1.54) is 6.92 Å². The highest BCUT2D eigenvalue weighted by Gasteiger charge is 2.19. The normalized spacial score (nSPS) is 18.1. The van der Waals surface area contributed by atoms with Gasteiger partial charge < -0.3 is 15.3 Å². The molecule has 1 unspecified atom stereocenters. The van der Waals surface area contributed by atoms with Crippen LogP contribution in [0.5, 0.6) is 0 Å². The molecule has 0 bridgehead atoms. The van der Waals surface area contributed by atoms with Crippen LogP contribution in [-0.2, 0) is 14.4 Å². The van der Waals surface area contributed by atoms with Crippen molar-refractivity contribution in [3.05, 3.63) is 0 Å². The molecular formula is C12H20N2O4. The second kappa shape index (κ2) is 6.98. The topological polar surface area (TPSA) is 86.7 Å². The summed E-state index contributed by atoms with van der Waals surface area (Å²) in [5, 5.41) is 11.2. The third kappa shape index (κ3) is 4.73. The maximum Gasteiger partial charge on any atom is 0.308 e. The molecule has 1 saturated heterocycles. The van der Waals surface area contributed by atoms with E-state index < -0.39 is 11.9 Å². The number of carbonyl (C=O) groups excluding carboxylic acids is 2. The number of rotatable bonds is 5. The third-order valence-corrected chi connectivity index (χ3v) is 3.03. The molecule has 18 heavy (non-hydrogen) atoms. The molecule has 0 radical (unpaired) electrons. The van der Waals surface area contributed by atoms with E-state index in [-0.39, 0.29) is 24.9 Å². The largest absolute Gasteiger partial charge is 0.481 e. The zero-order valence-corrected chi connectivity index (χ0v) is 10.6. The zero-order chi connectivity index (χ0) is 13.5. The smallest absolute Gasteiger partial charge is 0.308 e. The summed E-state index contributed by atoms with van der Waals surface area (Å²) in [7, 11) is 0. The van der Waals surface area contributed by atoms with Crippen LogP contribution in [0.15, 0.2) is 0 Å². The van der Waals surface area contributed by atoms with Crippen LogP contribution in [0.25, 0.3) is 0 Å². The first-order valence-corrected chi connectivity index (χ1v) is 6.28. The van der Waals surface area contributed by atoms with Gasteiger partial charge in [-0.3, -0.25) is 14.4 Å². The lowest BCUT2D eigenvalue weighted by atomic mass is 10.2. The first kappa shape index (κ1) is 14.5. The Morgan fingerprint density at radius 2 is 2.11 bits per heavy atom. The first-order valence-electron chi connectivity index (χ1n) is 6.28. The zero-order valence-electron chi connectivity index (χ0n) is 10.6. The van der Waals surface area contributed by atoms with Gasteiger partial charge in [-0.1, -0.05) is 13.3 Å². The van der Waals surface area contributed by atoms with Crippen LogP contribution in [-0.4, -0.2) is 47.4 Å². The van der Waals surface area contributed by atoms with Crippen LogP contribution in [0, 0.1) is 5.92 Å². The minimum atomic E-state index is -0.943. The molecule has 0 aromatic heterocycles. The molecule has 6 nitrogen and oxygen atoms in total. The van der Waals surface area contributed by atoms with Crippen LogP contribution < -0.4 is 5.32 Å². The molecular weight excluding hydrogens is 236 g/mol. The summed E-state index contributed by atoms with van der Waals surface area (Å²) >= 11 is 0. The number of nitrogens with one attached hydrogen (secondary N) is 1. The van der Waals surface area contributed by atoms with E-state index >= 15 is 0 Å². The highest BCUT2D eigenvalue weighted by atomic mass is 16.4. The Bertz CT molecular complexity index is 330. The second-order valence-electron chi connectivity index (χ2n) is 4.67. The minimum absolute atomic E-state index is 0.00827. The maximum absolute atomic E-state index is 11.6. The summed E-state index contributed by atoms with van der Waals surface area (Å²) in [6.45, 7) is 2.27. The molecule has 0 aromatic rings. The van der Waals surface area contributed by atoms with Crippen molar-refractivity contribution in [2.24, 2.45) is 5.92 Å². The summed E-state index contributed by atoms with van der Waals surface area (Å²) < 4.78 is 0.